The molecule has 0 bridgehead atoms. The third-order valence-corrected chi connectivity index (χ3v) is 0.856. The summed E-state index contributed by atoms with van der Waals surface area (Å²) < 4.78 is 0. The molecule has 0 aliphatic heterocycles. The van der Waals surface area contributed by atoms with Gasteiger partial charge in [0.1, 0.15) is 0 Å². The lowest BCUT2D eigenvalue weighted by atomic mass is 10.5. The first-order valence-electron chi connectivity index (χ1n) is 2.01. The van der Waals surface area contributed by atoms with Crippen LogP contribution in [0.5, 0.6) is 5.88 Å². The van der Waals surface area contributed by atoms with Crippen LogP contribution in [0.2, 0.25) is 5.02 Å². The van der Waals surface area contributed by atoms with Crippen LogP contribution < -0.4 is 0 Å². The summed E-state index contributed by atoms with van der Waals surface area (Å²) in [5.41, 5.74) is 0. The number of halogens is 1. The van der Waals surface area contributed by atoms with Crippen molar-refractivity contribution in [2.24, 2.45) is 0 Å². The zero-order chi connectivity index (χ0) is 5.98. The van der Waals surface area contributed by atoms with Crippen molar-refractivity contribution in [1.82, 2.24) is 4.98 Å². The average molecular weight is 129 g/mol. The van der Waals surface area contributed by atoms with E-state index in [9.17, 15) is 0 Å². The average Bonchev–Trinajstić information content (AvgIpc) is 1.77. The number of nitrogens with zero attached hydrogens (tertiary/aromatic N) is 1. The highest BCUT2D eigenvalue weighted by Gasteiger charge is 1.86. The van der Waals surface area contributed by atoms with Crippen LogP contribution >= 0.6 is 11.6 Å². The Morgan fingerprint density at radius 1 is 1.75 bits per heavy atom. The van der Waals surface area contributed by atoms with Gasteiger partial charge >= 0.3 is 0 Å². The second kappa shape index (κ2) is 2.01. The summed E-state index contributed by atoms with van der Waals surface area (Å²) in [6.45, 7) is 0. The third kappa shape index (κ3) is 1.10. The van der Waals surface area contributed by atoms with E-state index in [0.29, 0.717) is 5.02 Å². The molecule has 1 radical (unpaired) electrons. The van der Waals surface area contributed by atoms with Crippen molar-refractivity contribution in [2.75, 3.05) is 0 Å². The maximum atomic E-state index is 8.53. The molecule has 3 heteroatoms. The zero-order valence-corrected chi connectivity index (χ0v) is 4.68. The molecule has 0 saturated carbocycles. The summed E-state index contributed by atoms with van der Waals surface area (Å²) in [6.07, 6.45) is 1.35. The van der Waals surface area contributed by atoms with Crippen LogP contribution in [0.1, 0.15) is 0 Å². The van der Waals surface area contributed by atoms with Crippen LogP contribution in [-0.2, 0) is 0 Å². The maximum Gasteiger partial charge on any atom is 0.219 e. The van der Waals surface area contributed by atoms with E-state index in [0.717, 1.165) is 0 Å². The second-order valence-corrected chi connectivity index (χ2v) is 1.69. The highest BCUT2D eigenvalue weighted by molar-refractivity contribution is 6.30. The van der Waals surface area contributed by atoms with E-state index in [1.54, 1.807) is 0 Å². The first-order chi connectivity index (χ1) is 3.79. The van der Waals surface area contributed by atoms with Gasteiger partial charge in [0.25, 0.3) is 0 Å². The Bertz CT molecular complexity index is 151. The van der Waals surface area contributed by atoms with Gasteiger partial charge in [-0.2, -0.15) is 0 Å². The minimum atomic E-state index is -0.130. The van der Waals surface area contributed by atoms with Gasteiger partial charge < -0.3 is 5.11 Å². The smallest absolute Gasteiger partial charge is 0.219 e. The first-order valence-corrected chi connectivity index (χ1v) is 2.39. The van der Waals surface area contributed by atoms with E-state index in [1.807, 2.05) is 0 Å². The number of aromatic nitrogens is 1. The highest BCUT2D eigenvalue weighted by Crippen LogP contribution is 2.07. The summed E-state index contributed by atoms with van der Waals surface area (Å²) in [6, 6.07) is 3.86. The van der Waals surface area contributed by atoms with Crippen molar-refractivity contribution in [3.05, 3.63) is 23.4 Å². The molecular formula is C5H3ClNO. The third-order valence-electron chi connectivity index (χ3n) is 0.649. The molecule has 1 rings (SSSR count). The molecule has 1 aromatic rings. The molecule has 0 unspecified atom stereocenters. The monoisotopic (exact) mass is 128 g/mol. The van der Waals surface area contributed by atoms with E-state index in [2.05, 4.69) is 11.1 Å². The number of rotatable bonds is 0. The van der Waals surface area contributed by atoms with Crippen molar-refractivity contribution in [1.29, 1.82) is 0 Å². The van der Waals surface area contributed by atoms with Crippen molar-refractivity contribution >= 4 is 11.6 Å². The lowest BCUT2D eigenvalue weighted by Crippen LogP contribution is -1.70. The Kier molecular flexibility index (Phi) is 1.35. The van der Waals surface area contributed by atoms with E-state index >= 15 is 0 Å². The van der Waals surface area contributed by atoms with Gasteiger partial charge in [0.15, 0.2) is 0 Å². The van der Waals surface area contributed by atoms with Gasteiger partial charge in [-0.3, -0.25) is 0 Å². The van der Waals surface area contributed by atoms with E-state index in [1.165, 1.54) is 12.3 Å². The quantitative estimate of drug-likeness (QED) is 0.570. The fourth-order valence-corrected chi connectivity index (χ4v) is 0.434. The number of aromatic hydroxyl groups is 1. The fourth-order valence-electron chi connectivity index (χ4n) is 0.331. The van der Waals surface area contributed by atoms with Crippen LogP contribution in [0.15, 0.2) is 12.3 Å². The first kappa shape index (κ1) is 5.38. The molecule has 1 heterocycles. The molecule has 0 fully saturated rings. The zero-order valence-electron chi connectivity index (χ0n) is 3.93. The lowest BCUT2D eigenvalue weighted by Gasteiger charge is -1.85. The summed E-state index contributed by atoms with van der Waals surface area (Å²) in [4.78, 5) is 3.45. The Balaban J connectivity index is 3.03. The molecule has 1 N–H and O–H groups in total. The molecule has 0 atom stereocenters. The second-order valence-electron chi connectivity index (χ2n) is 1.26. The summed E-state index contributed by atoms with van der Waals surface area (Å²) >= 11 is 5.41. The molecule has 0 amide bonds. The minimum absolute atomic E-state index is 0.130. The van der Waals surface area contributed by atoms with Gasteiger partial charge in [0, 0.05) is 6.20 Å². The molecular weight excluding hydrogens is 126 g/mol. The fraction of sp³-hybridized carbons (Fsp3) is 0. The largest absolute Gasteiger partial charge is 0.493 e. The van der Waals surface area contributed by atoms with Gasteiger partial charge in [-0.1, -0.05) is 11.6 Å². The predicted octanol–water partition coefficient (Wildman–Crippen LogP) is 1.24. The lowest BCUT2D eigenvalue weighted by molar-refractivity contribution is 0.452. The van der Waals surface area contributed by atoms with Gasteiger partial charge in [-0.05, 0) is 6.07 Å². The number of pyridine rings is 1. The Labute approximate surface area is 51.7 Å². The maximum absolute atomic E-state index is 8.53. The summed E-state index contributed by atoms with van der Waals surface area (Å²) in [7, 11) is 0. The molecule has 8 heavy (non-hydrogen) atoms. The van der Waals surface area contributed by atoms with E-state index in [-0.39, 0.29) is 5.88 Å². The predicted molar refractivity (Wildman–Crippen MR) is 29.7 cm³/mol. The van der Waals surface area contributed by atoms with Crippen LogP contribution in [0, 0.1) is 6.07 Å². The molecule has 0 saturated heterocycles. The van der Waals surface area contributed by atoms with Crippen LogP contribution in [-0.4, -0.2) is 10.1 Å². The van der Waals surface area contributed by atoms with Crippen LogP contribution in [0.4, 0.5) is 0 Å². The Hall–Kier alpha value is -0.760. The number of hydrogen-bond donors (Lipinski definition) is 1. The minimum Gasteiger partial charge on any atom is -0.493 e. The Morgan fingerprint density at radius 3 is 2.88 bits per heavy atom. The standard InChI is InChI=1S/C5H3ClNO/c6-4-1-2-5(8)7-3-4/h1,3H,(H,7,8). The molecule has 41 valence electrons. The highest BCUT2D eigenvalue weighted by atomic mass is 35.5. The molecule has 0 aliphatic rings. The molecule has 0 spiro atoms. The molecule has 0 aliphatic carbocycles. The normalized spacial score (nSPS) is 9.12. The van der Waals surface area contributed by atoms with Crippen LogP contribution in [0.3, 0.4) is 0 Å². The molecule has 2 nitrogen and oxygen atoms in total. The van der Waals surface area contributed by atoms with Crippen molar-refractivity contribution in [2.45, 2.75) is 0 Å². The van der Waals surface area contributed by atoms with E-state index < -0.39 is 0 Å². The van der Waals surface area contributed by atoms with Gasteiger partial charge in [0.2, 0.25) is 5.88 Å². The SMILES string of the molecule is Oc1[c]cc(Cl)cn1. The topological polar surface area (TPSA) is 33.1 Å². The van der Waals surface area contributed by atoms with Gasteiger partial charge in [0.05, 0.1) is 11.1 Å². The van der Waals surface area contributed by atoms with Crippen molar-refractivity contribution < 1.29 is 5.11 Å². The summed E-state index contributed by atoms with van der Waals surface area (Å²) in [5.74, 6) is -0.130. The van der Waals surface area contributed by atoms with Gasteiger partial charge in [-0.15, -0.1) is 0 Å². The van der Waals surface area contributed by atoms with E-state index in [4.69, 9.17) is 16.7 Å². The molecule has 1 aromatic heterocycles. The summed E-state index contributed by atoms with van der Waals surface area (Å²) in [5, 5.41) is 9.01. The Morgan fingerprint density at radius 2 is 2.50 bits per heavy atom. The van der Waals surface area contributed by atoms with Gasteiger partial charge in [-0.25, -0.2) is 4.98 Å². The molecule has 0 aromatic carbocycles. The van der Waals surface area contributed by atoms with Crippen LogP contribution in [0.25, 0.3) is 0 Å². The van der Waals surface area contributed by atoms with Crippen molar-refractivity contribution in [3.8, 4) is 5.88 Å². The van der Waals surface area contributed by atoms with Crippen molar-refractivity contribution in [3.63, 3.8) is 0 Å². The number of hydrogen-bond acceptors (Lipinski definition) is 2.